The first-order valence-corrected chi connectivity index (χ1v) is 11.2. The quantitative estimate of drug-likeness (QED) is 0.703. The molecule has 6 nitrogen and oxygen atoms in total. The van der Waals surface area contributed by atoms with Gasteiger partial charge in [0, 0.05) is 42.2 Å². The van der Waals surface area contributed by atoms with E-state index < -0.39 is 0 Å². The number of carbonyl (C=O) groups is 1. The van der Waals surface area contributed by atoms with E-state index in [1.165, 1.54) is 11.1 Å². The van der Waals surface area contributed by atoms with E-state index >= 15 is 0 Å². The fraction of sp³-hybridized carbons (Fsp3) is 0.400. The number of nitrogens with one attached hydrogen (secondary N) is 1. The Labute approximate surface area is 181 Å². The molecular weight excluding hydrogens is 388 g/mol. The number of fused-ring (bicyclic) bond motifs is 1. The first kappa shape index (κ1) is 18.8. The van der Waals surface area contributed by atoms with Crippen LogP contribution in [0.25, 0.3) is 11.5 Å². The summed E-state index contributed by atoms with van der Waals surface area (Å²) >= 11 is 0. The Morgan fingerprint density at radius 2 is 1.74 bits per heavy atom. The Bertz CT molecular complexity index is 1110. The van der Waals surface area contributed by atoms with Crippen LogP contribution in [-0.4, -0.2) is 39.6 Å². The molecule has 0 bridgehead atoms. The monoisotopic (exact) mass is 414 g/mol. The molecule has 1 amide bonds. The molecule has 1 saturated heterocycles. The van der Waals surface area contributed by atoms with Crippen molar-refractivity contribution in [3.63, 3.8) is 0 Å². The van der Waals surface area contributed by atoms with Crippen molar-refractivity contribution < 1.29 is 9.21 Å². The Morgan fingerprint density at radius 3 is 2.48 bits per heavy atom. The van der Waals surface area contributed by atoms with Gasteiger partial charge in [0.2, 0.25) is 11.8 Å². The van der Waals surface area contributed by atoms with E-state index in [9.17, 15) is 4.79 Å². The third kappa shape index (κ3) is 3.55. The molecule has 6 rings (SSSR count). The van der Waals surface area contributed by atoms with Gasteiger partial charge < -0.3 is 14.6 Å². The maximum atomic E-state index is 13.1. The summed E-state index contributed by atoms with van der Waals surface area (Å²) in [5.74, 6) is 1.80. The first-order chi connectivity index (χ1) is 15.2. The summed E-state index contributed by atoms with van der Waals surface area (Å²) in [6.45, 7) is 2.48. The average molecular weight is 415 g/mol. The van der Waals surface area contributed by atoms with E-state index in [0.29, 0.717) is 17.4 Å². The summed E-state index contributed by atoms with van der Waals surface area (Å²) in [5, 5.41) is 12.1. The van der Waals surface area contributed by atoms with Gasteiger partial charge in [-0.05, 0) is 67.5 Å². The predicted octanol–water partition coefficient (Wildman–Crippen LogP) is 3.93. The van der Waals surface area contributed by atoms with E-state index in [0.717, 1.165) is 63.2 Å². The highest BCUT2D eigenvalue weighted by molar-refractivity contribution is 5.94. The highest BCUT2D eigenvalue weighted by atomic mass is 16.4. The maximum absolute atomic E-state index is 13.1. The van der Waals surface area contributed by atoms with E-state index in [-0.39, 0.29) is 11.4 Å². The Hall–Kier alpha value is -2.99. The zero-order valence-electron chi connectivity index (χ0n) is 17.5. The lowest BCUT2D eigenvalue weighted by atomic mass is 9.78. The van der Waals surface area contributed by atoms with Gasteiger partial charge in [0.15, 0.2) is 0 Å². The molecule has 3 heterocycles. The van der Waals surface area contributed by atoms with Gasteiger partial charge in [0.05, 0.1) is 0 Å². The lowest BCUT2D eigenvalue weighted by molar-refractivity contribution is 0.0631. The third-order valence-corrected chi connectivity index (χ3v) is 7.05. The van der Waals surface area contributed by atoms with Crippen LogP contribution in [0.1, 0.15) is 59.0 Å². The molecular formula is C25H26N4O2. The second-order valence-electron chi connectivity index (χ2n) is 9.17. The van der Waals surface area contributed by atoms with Gasteiger partial charge in [0.25, 0.3) is 5.91 Å². The van der Waals surface area contributed by atoms with Crippen LogP contribution in [0.2, 0.25) is 0 Å². The number of benzene rings is 2. The minimum absolute atomic E-state index is 0.0989. The number of hydrogen-bond acceptors (Lipinski definition) is 5. The van der Waals surface area contributed by atoms with Gasteiger partial charge in [-0.3, -0.25) is 4.79 Å². The zero-order valence-corrected chi connectivity index (χ0v) is 17.5. The summed E-state index contributed by atoms with van der Waals surface area (Å²) in [7, 11) is 0. The number of rotatable bonds is 3. The molecule has 3 aromatic rings. The van der Waals surface area contributed by atoms with Gasteiger partial charge in [-0.25, -0.2) is 0 Å². The first-order valence-electron chi connectivity index (χ1n) is 11.2. The largest absolute Gasteiger partial charge is 0.420 e. The highest BCUT2D eigenvalue weighted by Gasteiger charge is 2.38. The molecule has 0 atom stereocenters. The second-order valence-corrected chi connectivity index (χ2v) is 9.17. The minimum atomic E-state index is 0.0989. The standard InChI is InChI=1S/C25H26N4O2/c30-24(19-9-7-18(8-10-19)23-28-27-22(31-23)17-5-6-17)29-13-11-25(12-14-29)15-20-3-1-2-4-21(20)16-26-25/h1-4,7-10,17,26H,5-6,11-16H2. The molecule has 2 aliphatic heterocycles. The molecule has 2 fully saturated rings. The van der Waals surface area contributed by atoms with Crippen molar-refractivity contribution in [3.05, 3.63) is 71.1 Å². The molecule has 158 valence electrons. The van der Waals surface area contributed by atoms with Crippen LogP contribution < -0.4 is 5.32 Å². The second kappa shape index (κ2) is 7.31. The van der Waals surface area contributed by atoms with E-state index in [2.05, 4.69) is 39.8 Å². The number of likely N-dealkylation sites (tertiary alicyclic amines) is 1. The molecule has 1 N–H and O–H groups in total. The van der Waals surface area contributed by atoms with E-state index in [1.807, 2.05) is 29.2 Å². The van der Waals surface area contributed by atoms with Crippen molar-refractivity contribution in [2.75, 3.05) is 13.1 Å². The molecule has 0 radical (unpaired) electrons. The summed E-state index contributed by atoms with van der Waals surface area (Å²) in [5.41, 5.74) is 4.54. The lowest BCUT2D eigenvalue weighted by Crippen LogP contribution is -2.57. The van der Waals surface area contributed by atoms with Gasteiger partial charge in [-0.2, -0.15) is 0 Å². The summed E-state index contributed by atoms with van der Waals surface area (Å²) in [4.78, 5) is 15.1. The van der Waals surface area contributed by atoms with Gasteiger partial charge >= 0.3 is 0 Å². The number of piperidine rings is 1. The van der Waals surface area contributed by atoms with Crippen molar-refractivity contribution in [3.8, 4) is 11.5 Å². The molecule has 0 unspecified atom stereocenters. The van der Waals surface area contributed by atoms with Crippen LogP contribution in [0, 0.1) is 0 Å². The van der Waals surface area contributed by atoms with Gasteiger partial charge in [0.1, 0.15) is 0 Å². The molecule has 31 heavy (non-hydrogen) atoms. The van der Waals surface area contributed by atoms with E-state index in [1.54, 1.807) is 0 Å². The number of nitrogens with zero attached hydrogens (tertiary/aromatic N) is 3. The topological polar surface area (TPSA) is 71.3 Å². The fourth-order valence-electron chi connectivity index (χ4n) is 4.89. The number of amides is 1. The van der Waals surface area contributed by atoms with Crippen LogP contribution in [0.3, 0.4) is 0 Å². The molecule has 1 aromatic heterocycles. The molecule has 1 aliphatic carbocycles. The number of hydrogen-bond donors (Lipinski definition) is 1. The van der Waals surface area contributed by atoms with Crippen molar-refractivity contribution >= 4 is 5.91 Å². The fourth-order valence-corrected chi connectivity index (χ4v) is 4.89. The van der Waals surface area contributed by atoms with Crippen LogP contribution in [0.15, 0.2) is 52.9 Å². The van der Waals surface area contributed by atoms with Gasteiger partial charge in [-0.1, -0.05) is 24.3 Å². The maximum Gasteiger partial charge on any atom is 0.253 e. The SMILES string of the molecule is O=C(c1ccc(-c2nnc(C3CC3)o2)cc1)N1CCC2(CC1)Cc1ccccc1CN2. The third-order valence-electron chi connectivity index (χ3n) is 7.05. The Morgan fingerprint density at radius 1 is 1.00 bits per heavy atom. The van der Waals surface area contributed by atoms with Crippen molar-refractivity contribution in [2.45, 2.75) is 50.1 Å². The predicted molar refractivity (Wildman–Crippen MR) is 117 cm³/mol. The number of aromatic nitrogens is 2. The van der Waals surface area contributed by atoms with Crippen LogP contribution in [0.5, 0.6) is 0 Å². The summed E-state index contributed by atoms with van der Waals surface area (Å²) in [6, 6.07) is 16.2. The normalized spacial score (nSPS) is 19.9. The van der Waals surface area contributed by atoms with Crippen molar-refractivity contribution in [1.82, 2.24) is 20.4 Å². The Kier molecular flexibility index (Phi) is 4.42. The van der Waals surface area contributed by atoms with Crippen molar-refractivity contribution in [1.29, 1.82) is 0 Å². The smallest absolute Gasteiger partial charge is 0.253 e. The molecule has 6 heteroatoms. The average Bonchev–Trinajstić information content (AvgIpc) is 3.56. The molecule has 3 aliphatic rings. The van der Waals surface area contributed by atoms with Crippen LogP contribution >= 0.6 is 0 Å². The summed E-state index contributed by atoms with van der Waals surface area (Å²) in [6.07, 6.45) is 5.28. The van der Waals surface area contributed by atoms with Crippen molar-refractivity contribution in [2.24, 2.45) is 0 Å². The molecule has 1 spiro atoms. The van der Waals surface area contributed by atoms with E-state index in [4.69, 9.17) is 4.42 Å². The van der Waals surface area contributed by atoms with Crippen LogP contribution in [0.4, 0.5) is 0 Å². The molecule has 1 saturated carbocycles. The zero-order chi connectivity index (χ0) is 20.8. The Balaban J connectivity index is 1.11. The lowest BCUT2D eigenvalue weighted by Gasteiger charge is -2.45. The highest BCUT2D eigenvalue weighted by Crippen LogP contribution is 2.40. The van der Waals surface area contributed by atoms with Gasteiger partial charge in [-0.15, -0.1) is 10.2 Å². The van der Waals surface area contributed by atoms with Crippen LogP contribution in [-0.2, 0) is 13.0 Å². The minimum Gasteiger partial charge on any atom is -0.420 e. The molecule has 2 aromatic carbocycles. The number of carbonyl (C=O) groups excluding carboxylic acids is 1. The summed E-state index contributed by atoms with van der Waals surface area (Å²) < 4.78 is 5.77.